The van der Waals surface area contributed by atoms with Gasteiger partial charge in [0.25, 0.3) is 11.2 Å². The number of benzene rings is 1. The molecule has 11 heteroatoms. The first-order chi connectivity index (χ1) is 14.9. The lowest BCUT2D eigenvalue weighted by atomic mass is 10.2. The van der Waals surface area contributed by atoms with Gasteiger partial charge < -0.3 is 4.74 Å². The average Bonchev–Trinajstić information content (AvgIpc) is 3.16. The third-order valence-electron chi connectivity index (χ3n) is 4.16. The number of aryl methyl sites for hydroxylation is 1. The number of thiazole rings is 1. The first-order valence-corrected chi connectivity index (χ1v) is 10.6. The molecule has 0 aliphatic rings. The molecule has 9 nitrogen and oxygen atoms in total. The van der Waals surface area contributed by atoms with Crippen LogP contribution in [0.4, 0.5) is 5.69 Å². The summed E-state index contributed by atoms with van der Waals surface area (Å²) in [5.74, 6) is -0.750. The van der Waals surface area contributed by atoms with Gasteiger partial charge in [0.1, 0.15) is 12.3 Å². The van der Waals surface area contributed by atoms with Crippen LogP contribution >= 0.6 is 23.1 Å². The number of rotatable bonds is 6. The highest BCUT2D eigenvalue weighted by Crippen LogP contribution is 2.36. The number of pyridine rings is 1. The molecule has 4 aromatic rings. The molecule has 0 fully saturated rings. The number of aromatic nitrogens is 3. The number of fused-ring (bicyclic) bond motifs is 1. The lowest BCUT2D eigenvalue weighted by Gasteiger charge is -2.07. The fraction of sp³-hybridized carbons (Fsp3) is 0.100. The Kier molecular flexibility index (Phi) is 5.78. The van der Waals surface area contributed by atoms with Crippen molar-refractivity contribution in [2.75, 3.05) is 0 Å². The number of ether oxygens (including phenoxy) is 1. The molecule has 0 N–H and O–H groups in total. The molecular formula is C20H14N4O5S2. The summed E-state index contributed by atoms with van der Waals surface area (Å²) < 4.78 is 7.27. The highest BCUT2D eigenvalue weighted by atomic mass is 32.2. The number of carbonyl (C=O) groups excluding carboxylic acids is 1. The van der Waals surface area contributed by atoms with E-state index in [2.05, 4.69) is 9.97 Å². The van der Waals surface area contributed by atoms with E-state index >= 15 is 0 Å². The van der Waals surface area contributed by atoms with Crippen LogP contribution in [0.2, 0.25) is 0 Å². The van der Waals surface area contributed by atoms with Gasteiger partial charge in [-0.1, -0.05) is 17.8 Å². The topological polar surface area (TPSA) is 117 Å². The van der Waals surface area contributed by atoms with Crippen molar-refractivity contribution in [2.45, 2.75) is 22.8 Å². The fourth-order valence-electron chi connectivity index (χ4n) is 2.75. The van der Waals surface area contributed by atoms with Gasteiger partial charge in [-0.2, -0.15) is 0 Å². The first kappa shape index (κ1) is 20.7. The number of nitrogens with zero attached hydrogens (tertiary/aromatic N) is 4. The van der Waals surface area contributed by atoms with Gasteiger partial charge in [-0.05, 0) is 31.2 Å². The SMILES string of the molecule is Cc1csc(Sc2ccc(C(=O)OCc3cc(=O)n4ccccc4n3)cc2[N+](=O)[O-])n1. The molecule has 1 aromatic carbocycles. The lowest BCUT2D eigenvalue weighted by Crippen LogP contribution is -2.16. The van der Waals surface area contributed by atoms with Gasteiger partial charge in [0.15, 0.2) is 4.34 Å². The summed E-state index contributed by atoms with van der Waals surface area (Å²) in [4.78, 5) is 44.5. The normalized spacial score (nSPS) is 10.9. The zero-order valence-electron chi connectivity index (χ0n) is 16.0. The first-order valence-electron chi connectivity index (χ1n) is 8.93. The summed E-state index contributed by atoms with van der Waals surface area (Å²) in [5, 5.41) is 13.4. The molecule has 0 amide bonds. The molecule has 3 aromatic heterocycles. The Balaban J connectivity index is 1.52. The average molecular weight is 454 g/mol. The molecule has 0 atom stereocenters. The Morgan fingerprint density at radius 3 is 2.84 bits per heavy atom. The third kappa shape index (κ3) is 4.62. The summed E-state index contributed by atoms with van der Waals surface area (Å²) in [6.07, 6.45) is 1.59. The van der Waals surface area contributed by atoms with Gasteiger partial charge in [0.05, 0.1) is 21.1 Å². The minimum Gasteiger partial charge on any atom is -0.456 e. The highest BCUT2D eigenvalue weighted by Gasteiger charge is 2.20. The van der Waals surface area contributed by atoms with Crippen molar-refractivity contribution < 1.29 is 14.5 Å². The third-order valence-corrected chi connectivity index (χ3v) is 6.28. The largest absolute Gasteiger partial charge is 0.456 e. The van der Waals surface area contributed by atoms with Crippen LogP contribution in [-0.2, 0) is 11.3 Å². The van der Waals surface area contributed by atoms with Crippen LogP contribution in [0.5, 0.6) is 0 Å². The molecule has 0 aliphatic heterocycles. The summed E-state index contributed by atoms with van der Waals surface area (Å²) in [7, 11) is 0. The molecule has 3 heterocycles. The van der Waals surface area contributed by atoms with E-state index in [1.54, 1.807) is 24.4 Å². The van der Waals surface area contributed by atoms with Crippen molar-refractivity contribution in [1.82, 2.24) is 14.4 Å². The zero-order chi connectivity index (χ0) is 22.0. The Bertz CT molecular complexity index is 1370. The quantitative estimate of drug-likeness (QED) is 0.245. The second-order valence-electron chi connectivity index (χ2n) is 6.39. The minimum absolute atomic E-state index is 0.0314. The number of nitro groups is 1. The van der Waals surface area contributed by atoms with Gasteiger partial charge in [0, 0.05) is 29.4 Å². The molecule has 0 saturated carbocycles. The molecule has 0 bridgehead atoms. The predicted octanol–water partition coefficient (Wildman–Crippen LogP) is 3.88. The number of esters is 1. The second kappa shape index (κ2) is 8.66. The summed E-state index contributed by atoms with van der Waals surface area (Å²) >= 11 is 2.55. The standard InChI is InChI=1S/C20H14N4O5S2/c1-12-11-30-20(21-12)31-16-6-5-13(8-15(16)24(27)28)19(26)29-10-14-9-18(25)23-7-3-2-4-17(23)22-14/h2-9,11H,10H2,1H3. The number of hydrogen-bond donors (Lipinski definition) is 0. The van der Waals surface area contributed by atoms with E-state index in [0.29, 0.717) is 14.9 Å². The Morgan fingerprint density at radius 2 is 2.10 bits per heavy atom. The molecule has 0 radical (unpaired) electrons. The van der Waals surface area contributed by atoms with Gasteiger partial charge >= 0.3 is 5.97 Å². The van der Waals surface area contributed by atoms with E-state index < -0.39 is 10.9 Å². The number of nitro benzene ring substituents is 1. The summed E-state index contributed by atoms with van der Waals surface area (Å²) in [6.45, 7) is 1.61. The Labute approximate surface area is 183 Å². The van der Waals surface area contributed by atoms with Gasteiger partial charge in [-0.15, -0.1) is 11.3 Å². The number of hydrogen-bond acceptors (Lipinski definition) is 9. The lowest BCUT2D eigenvalue weighted by molar-refractivity contribution is -0.387. The van der Waals surface area contributed by atoms with Crippen LogP contribution in [0, 0.1) is 17.0 Å². The van der Waals surface area contributed by atoms with Crippen molar-refractivity contribution in [3.63, 3.8) is 0 Å². The van der Waals surface area contributed by atoms with Crippen LogP contribution in [0.3, 0.4) is 0 Å². The molecular weight excluding hydrogens is 440 g/mol. The van der Waals surface area contributed by atoms with E-state index in [1.165, 1.54) is 40.0 Å². The van der Waals surface area contributed by atoms with Crippen LogP contribution in [0.25, 0.3) is 5.65 Å². The summed E-state index contributed by atoms with van der Waals surface area (Å²) in [5.41, 5.74) is 1.06. The van der Waals surface area contributed by atoms with Crippen molar-refractivity contribution in [1.29, 1.82) is 0 Å². The molecule has 0 unspecified atom stereocenters. The maximum absolute atomic E-state index is 12.4. The highest BCUT2D eigenvalue weighted by molar-refractivity contribution is 8.01. The Morgan fingerprint density at radius 1 is 1.26 bits per heavy atom. The van der Waals surface area contributed by atoms with E-state index in [1.807, 2.05) is 12.3 Å². The van der Waals surface area contributed by atoms with E-state index in [9.17, 15) is 19.7 Å². The van der Waals surface area contributed by atoms with Gasteiger partial charge in [-0.3, -0.25) is 19.3 Å². The van der Waals surface area contributed by atoms with E-state index in [4.69, 9.17) is 4.74 Å². The molecule has 156 valence electrons. The smallest absolute Gasteiger partial charge is 0.338 e. The molecule has 0 aliphatic carbocycles. The second-order valence-corrected chi connectivity index (χ2v) is 8.53. The summed E-state index contributed by atoms with van der Waals surface area (Å²) in [6, 6.07) is 10.5. The van der Waals surface area contributed by atoms with E-state index in [-0.39, 0.29) is 29.1 Å². The minimum atomic E-state index is -0.750. The van der Waals surface area contributed by atoms with Crippen molar-refractivity contribution in [3.05, 3.63) is 91.5 Å². The maximum Gasteiger partial charge on any atom is 0.338 e. The fourth-order valence-corrected chi connectivity index (χ4v) is 4.63. The zero-order valence-corrected chi connectivity index (χ0v) is 17.7. The van der Waals surface area contributed by atoms with Gasteiger partial charge in [0.2, 0.25) is 0 Å². The van der Waals surface area contributed by atoms with Crippen LogP contribution in [-0.4, -0.2) is 25.3 Å². The monoisotopic (exact) mass is 454 g/mol. The molecule has 0 spiro atoms. The van der Waals surface area contributed by atoms with E-state index in [0.717, 1.165) is 17.5 Å². The van der Waals surface area contributed by atoms with Crippen LogP contribution in [0.1, 0.15) is 21.7 Å². The molecule has 4 rings (SSSR count). The number of carbonyl (C=O) groups is 1. The molecule has 31 heavy (non-hydrogen) atoms. The molecule has 0 saturated heterocycles. The van der Waals surface area contributed by atoms with Crippen molar-refractivity contribution >= 4 is 40.4 Å². The predicted molar refractivity (Wildman–Crippen MR) is 115 cm³/mol. The Hall–Kier alpha value is -3.57. The maximum atomic E-state index is 12.4. The van der Waals surface area contributed by atoms with Gasteiger partial charge in [-0.25, -0.2) is 14.8 Å². The van der Waals surface area contributed by atoms with Crippen LogP contribution < -0.4 is 5.56 Å². The van der Waals surface area contributed by atoms with Crippen molar-refractivity contribution in [2.24, 2.45) is 0 Å². The van der Waals surface area contributed by atoms with Crippen molar-refractivity contribution in [3.8, 4) is 0 Å². The van der Waals surface area contributed by atoms with Crippen LogP contribution in [0.15, 0.2) is 68.1 Å².